The maximum atomic E-state index is 12.3. The van der Waals surface area contributed by atoms with E-state index in [-0.39, 0.29) is 11.2 Å². The van der Waals surface area contributed by atoms with Crippen molar-refractivity contribution in [2.45, 2.75) is 17.9 Å². The lowest BCUT2D eigenvalue weighted by Crippen LogP contribution is -2.24. The summed E-state index contributed by atoms with van der Waals surface area (Å²) in [5, 5.41) is 2.57. The molecular weight excluding hydrogens is 310 g/mol. The van der Waals surface area contributed by atoms with E-state index in [1.54, 1.807) is 36.0 Å². The van der Waals surface area contributed by atoms with E-state index < -0.39 is 5.97 Å². The number of methoxy groups -OCH3 is 1. The molecule has 0 radical (unpaired) electrons. The van der Waals surface area contributed by atoms with Crippen molar-refractivity contribution in [1.29, 1.82) is 0 Å². The lowest BCUT2D eigenvalue weighted by atomic mass is 10.2. The predicted octanol–water partition coefficient (Wildman–Crippen LogP) is 3.73. The Hall–Kier alpha value is -2.27. The molecule has 1 N–H and O–H groups in total. The first-order chi connectivity index (χ1) is 11.1. The van der Waals surface area contributed by atoms with E-state index in [1.165, 1.54) is 12.7 Å². The van der Waals surface area contributed by atoms with Gasteiger partial charge in [0.25, 0.3) is 0 Å². The van der Waals surface area contributed by atoms with Crippen LogP contribution in [0.3, 0.4) is 0 Å². The van der Waals surface area contributed by atoms with E-state index in [1.807, 2.05) is 37.3 Å². The van der Waals surface area contributed by atoms with E-state index in [0.717, 1.165) is 5.75 Å². The Bertz CT molecular complexity index is 673. The Morgan fingerprint density at radius 1 is 1.09 bits per heavy atom. The number of hydrogen-bond acceptors (Lipinski definition) is 4. The number of benzene rings is 2. The average Bonchev–Trinajstić information content (AvgIpc) is 2.60. The molecule has 1 unspecified atom stereocenters. The van der Waals surface area contributed by atoms with E-state index in [2.05, 4.69) is 5.32 Å². The van der Waals surface area contributed by atoms with Gasteiger partial charge >= 0.3 is 5.97 Å². The molecule has 0 fully saturated rings. The molecule has 1 amide bonds. The second kappa shape index (κ2) is 8.39. The Kier molecular flexibility index (Phi) is 6.23. The van der Waals surface area contributed by atoms with Gasteiger partial charge in [-0.1, -0.05) is 42.5 Å². The van der Waals surface area contributed by atoms with Crippen LogP contribution in [0.25, 0.3) is 0 Å². The first-order valence-electron chi connectivity index (χ1n) is 7.25. The monoisotopic (exact) mass is 329 g/mol. The minimum Gasteiger partial charge on any atom is -0.465 e. The maximum absolute atomic E-state index is 12.3. The largest absolute Gasteiger partial charge is 0.465 e. The van der Waals surface area contributed by atoms with E-state index in [9.17, 15) is 9.59 Å². The van der Waals surface area contributed by atoms with Crippen LogP contribution in [0.15, 0.2) is 54.6 Å². The zero-order valence-electron chi connectivity index (χ0n) is 13.1. The van der Waals surface area contributed by atoms with Crippen molar-refractivity contribution in [2.24, 2.45) is 0 Å². The van der Waals surface area contributed by atoms with E-state index >= 15 is 0 Å². The molecule has 0 bridgehead atoms. The Balaban J connectivity index is 1.97. The predicted molar refractivity (Wildman–Crippen MR) is 93.6 cm³/mol. The van der Waals surface area contributed by atoms with Gasteiger partial charge in [-0.3, -0.25) is 4.79 Å². The second-order valence-corrected chi connectivity index (χ2v) is 6.29. The summed E-state index contributed by atoms with van der Waals surface area (Å²) in [4.78, 5) is 24.0. The van der Waals surface area contributed by atoms with Gasteiger partial charge in [-0.05, 0) is 24.6 Å². The number of carbonyl (C=O) groups excluding carboxylic acids is 2. The van der Waals surface area contributed by atoms with Crippen molar-refractivity contribution in [2.75, 3.05) is 12.4 Å². The van der Waals surface area contributed by atoms with Crippen molar-refractivity contribution in [1.82, 2.24) is 0 Å². The van der Waals surface area contributed by atoms with Crippen LogP contribution >= 0.6 is 11.8 Å². The van der Waals surface area contributed by atoms with Crippen molar-refractivity contribution >= 4 is 29.3 Å². The van der Waals surface area contributed by atoms with Crippen LogP contribution in [0.1, 0.15) is 22.8 Å². The van der Waals surface area contributed by atoms with Gasteiger partial charge in [-0.15, -0.1) is 11.8 Å². The summed E-state index contributed by atoms with van der Waals surface area (Å²) >= 11 is 1.55. The molecule has 0 spiro atoms. The highest BCUT2D eigenvalue weighted by Crippen LogP contribution is 2.21. The minimum absolute atomic E-state index is 0.137. The quantitative estimate of drug-likeness (QED) is 0.820. The highest BCUT2D eigenvalue weighted by molar-refractivity contribution is 7.99. The summed E-state index contributed by atoms with van der Waals surface area (Å²) in [6, 6.07) is 16.8. The number of hydrogen-bond donors (Lipinski definition) is 1. The highest BCUT2D eigenvalue weighted by atomic mass is 32.2. The fourth-order valence-corrected chi connectivity index (χ4v) is 2.83. The Labute approximate surface area is 140 Å². The Morgan fingerprint density at radius 2 is 1.74 bits per heavy atom. The molecule has 0 saturated carbocycles. The number of anilines is 1. The average molecular weight is 329 g/mol. The molecule has 2 aromatic carbocycles. The second-order valence-electron chi connectivity index (χ2n) is 4.97. The number of nitrogens with one attached hydrogen (secondary N) is 1. The molecular formula is C18H19NO3S. The summed E-state index contributed by atoms with van der Waals surface area (Å²) in [5.74, 6) is 0.154. The number of thioether (sulfide) groups is 1. The zero-order valence-corrected chi connectivity index (χ0v) is 13.9. The molecule has 0 aromatic heterocycles. The van der Waals surface area contributed by atoms with Crippen LogP contribution in [-0.4, -0.2) is 24.2 Å². The molecule has 0 heterocycles. The molecule has 0 aliphatic carbocycles. The van der Waals surface area contributed by atoms with Gasteiger partial charge in [0.05, 0.1) is 23.6 Å². The number of esters is 1. The van der Waals surface area contributed by atoms with Crippen molar-refractivity contribution in [3.63, 3.8) is 0 Å². The third-order valence-electron chi connectivity index (χ3n) is 3.30. The molecule has 2 aromatic rings. The fourth-order valence-electron chi connectivity index (χ4n) is 1.99. The van der Waals surface area contributed by atoms with Crippen LogP contribution in [-0.2, 0) is 15.3 Å². The molecule has 4 nitrogen and oxygen atoms in total. The SMILES string of the molecule is COC(=O)c1ccccc1NC(=O)C(C)SCc1ccccc1. The van der Waals surface area contributed by atoms with Crippen molar-refractivity contribution in [3.8, 4) is 0 Å². The van der Waals surface area contributed by atoms with E-state index in [0.29, 0.717) is 11.3 Å². The van der Waals surface area contributed by atoms with Crippen LogP contribution in [0.5, 0.6) is 0 Å². The topological polar surface area (TPSA) is 55.4 Å². The number of amides is 1. The molecule has 120 valence electrons. The summed E-state index contributed by atoms with van der Waals surface area (Å²) in [6.45, 7) is 1.85. The van der Waals surface area contributed by atoms with Gasteiger partial charge in [0.1, 0.15) is 0 Å². The van der Waals surface area contributed by atoms with Crippen LogP contribution in [0.4, 0.5) is 5.69 Å². The minimum atomic E-state index is -0.467. The summed E-state index contributed by atoms with van der Waals surface area (Å²) in [6.07, 6.45) is 0. The molecule has 0 saturated heterocycles. The Morgan fingerprint density at radius 3 is 2.43 bits per heavy atom. The first-order valence-corrected chi connectivity index (χ1v) is 8.30. The molecule has 23 heavy (non-hydrogen) atoms. The lowest BCUT2D eigenvalue weighted by molar-refractivity contribution is -0.115. The van der Waals surface area contributed by atoms with Gasteiger partial charge in [0.15, 0.2) is 0 Å². The molecule has 5 heteroatoms. The fraction of sp³-hybridized carbons (Fsp3) is 0.222. The normalized spacial score (nSPS) is 11.6. The van der Waals surface area contributed by atoms with Crippen LogP contribution in [0, 0.1) is 0 Å². The number of carbonyl (C=O) groups is 2. The third-order valence-corrected chi connectivity index (χ3v) is 4.52. The molecule has 0 aliphatic rings. The molecule has 0 aliphatic heterocycles. The smallest absolute Gasteiger partial charge is 0.339 e. The summed E-state index contributed by atoms with van der Waals surface area (Å²) < 4.78 is 4.73. The lowest BCUT2D eigenvalue weighted by Gasteiger charge is -2.14. The van der Waals surface area contributed by atoms with Crippen LogP contribution < -0.4 is 5.32 Å². The summed E-state index contributed by atoms with van der Waals surface area (Å²) in [5.41, 5.74) is 1.99. The zero-order chi connectivity index (χ0) is 16.7. The van der Waals surface area contributed by atoms with Gasteiger partial charge in [0.2, 0.25) is 5.91 Å². The third kappa shape index (κ3) is 4.86. The van der Waals surface area contributed by atoms with Gasteiger partial charge in [-0.25, -0.2) is 4.79 Å². The molecule has 1 atom stereocenters. The van der Waals surface area contributed by atoms with Crippen LogP contribution in [0.2, 0.25) is 0 Å². The van der Waals surface area contributed by atoms with Gasteiger partial charge in [0, 0.05) is 5.75 Å². The molecule has 2 rings (SSSR count). The van der Waals surface area contributed by atoms with Crippen molar-refractivity contribution in [3.05, 3.63) is 65.7 Å². The number of para-hydroxylation sites is 1. The summed E-state index contributed by atoms with van der Waals surface area (Å²) in [7, 11) is 1.32. The maximum Gasteiger partial charge on any atom is 0.339 e. The first kappa shape index (κ1) is 17.1. The van der Waals surface area contributed by atoms with E-state index in [4.69, 9.17) is 4.74 Å². The standard InChI is InChI=1S/C18H19NO3S/c1-13(23-12-14-8-4-3-5-9-14)17(20)19-16-11-7-6-10-15(16)18(21)22-2/h3-11,13H,12H2,1-2H3,(H,19,20). The highest BCUT2D eigenvalue weighted by Gasteiger charge is 2.17. The number of ether oxygens (including phenoxy) is 1. The van der Waals surface area contributed by atoms with Crippen molar-refractivity contribution < 1.29 is 14.3 Å². The van der Waals surface area contributed by atoms with Gasteiger partial charge < -0.3 is 10.1 Å². The number of rotatable bonds is 6. The van der Waals surface area contributed by atoms with Gasteiger partial charge in [-0.2, -0.15) is 0 Å².